The highest BCUT2D eigenvalue weighted by Crippen LogP contribution is 2.39. The first-order valence-electron chi connectivity index (χ1n) is 15.7. The number of anilines is 1. The molecular weight excluding hydrogens is 697 g/mol. The number of nitrogens with zero attached hydrogens (tertiary/aromatic N) is 3. The first-order valence-corrected chi connectivity index (χ1v) is 16.5. The topological polar surface area (TPSA) is 126 Å². The van der Waals surface area contributed by atoms with Crippen molar-refractivity contribution in [1.82, 2.24) is 19.9 Å². The Morgan fingerprint density at radius 1 is 0.980 bits per heavy atom. The van der Waals surface area contributed by atoms with Gasteiger partial charge in [0.2, 0.25) is 0 Å². The minimum Gasteiger partial charge on any atom is -0.497 e. The number of hydrogen-bond donors (Lipinski definition) is 2. The summed E-state index contributed by atoms with van der Waals surface area (Å²) in [5.74, 6) is -0.451. The second-order valence-corrected chi connectivity index (χ2v) is 12.0. The van der Waals surface area contributed by atoms with Crippen molar-refractivity contribution < 1.29 is 28.1 Å². The molecule has 1 amide bonds. The highest BCUT2D eigenvalue weighted by atomic mass is 35.5. The van der Waals surface area contributed by atoms with E-state index in [1.165, 1.54) is 47.4 Å². The average molecular weight is 732 g/mol. The van der Waals surface area contributed by atoms with Gasteiger partial charge in [-0.2, -0.15) is 0 Å². The smallest absolute Gasteiger partial charge is 0.271 e. The highest BCUT2D eigenvalue weighted by Gasteiger charge is 2.21. The third kappa shape index (κ3) is 8.52. The van der Waals surface area contributed by atoms with E-state index in [-0.39, 0.29) is 41.8 Å². The summed E-state index contributed by atoms with van der Waals surface area (Å²) in [6, 6.07) is 20.0. The van der Waals surface area contributed by atoms with Gasteiger partial charge in [0.25, 0.3) is 11.5 Å². The van der Waals surface area contributed by atoms with E-state index in [9.17, 15) is 9.59 Å². The highest BCUT2D eigenvalue weighted by molar-refractivity contribution is 7.22. The van der Waals surface area contributed by atoms with E-state index in [0.717, 1.165) is 33.4 Å². The van der Waals surface area contributed by atoms with Gasteiger partial charge in [-0.15, -0.1) is 23.7 Å². The van der Waals surface area contributed by atoms with E-state index >= 15 is 4.39 Å². The number of carbonyl (C=O) groups is 1. The van der Waals surface area contributed by atoms with Crippen LogP contribution in [0.25, 0.3) is 26.5 Å². The van der Waals surface area contributed by atoms with Crippen LogP contribution >= 0.6 is 23.7 Å². The van der Waals surface area contributed by atoms with Gasteiger partial charge < -0.3 is 29.6 Å². The van der Waals surface area contributed by atoms with E-state index in [4.69, 9.17) is 18.9 Å². The average Bonchev–Trinajstić information content (AvgIpc) is 3.57. The Balaban J connectivity index is 0.00000504. The largest absolute Gasteiger partial charge is 0.497 e. The van der Waals surface area contributed by atoms with Crippen molar-refractivity contribution in [3.05, 3.63) is 119 Å². The number of aromatic nitrogens is 3. The minimum absolute atomic E-state index is 0. The maximum atomic E-state index is 15.5. The standard InChI is InChI=1S/C37H34FN5O6S.ClH/c1-4-48-31-13-16-43(25-6-5-7-26(19-25)47-3)37(45)34(31)36(44)42-24-9-11-30(27(38)18-24)49-32-12-14-40-29-20-33(50-35(29)32)28-10-8-23(22-41-28)21-39-15-17-46-2;/h5-14,16,18-20,22,39H,4,15,17,21H2,1-3H3,(H,42,44);1H. The number of rotatable bonds is 14. The van der Waals surface area contributed by atoms with Gasteiger partial charge in [0.05, 0.1) is 46.8 Å². The Kier molecular flexibility index (Phi) is 12.3. The number of amides is 1. The first kappa shape index (κ1) is 36.9. The van der Waals surface area contributed by atoms with Crippen LogP contribution in [0.3, 0.4) is 0 Å². The zero-order valence-corrected chi connectivity index (χ0v) is 29.6. The molecule has 11 nitrogen and oxygen atoms in total. The Labute approximate surface area is 303 Å². The van der Waals surface area contributed by atoms with Gasteiger partial charge in [0, 0.05) is 62.7 Å². The number of halogens is 2. The fourth-order valence-electron chi connectivity index (χ4n) is 5.14. The van der Waals surface area contributed by atoms with Gasteiger partial charge >= 0.3 is 0 Å². The Morgan fingerprint density at radius 2 is 1.84 bits per heavy atom. The Bertz CT molecular complexity index is 2190. The number of hydrogen-bond acceptors (Lipinski definition) is 10. The number of carbonyl (C=O) groups excluding carboxylic acids is 1. The monoisotopic (exact) mass is 731 g/mol. The minimum atomic E-state index is -0.755. The lowest BCUT2D eigenvalue weighted by Gasteiger charge is -2.14. The molecule has 0 atom stereocenters. The lowest BCUT2D eigenvalue weighted by atomic mass is 10.2. The van der Waals surface area contributed by atoms with Gasteiger partial charge in [-0.25, -0.2) is 4.39 Å². The molecule has 4 aromatic heterocycles. The molecule has 6 aromatic rings. The molecule has 0 aliphatic rings. The van der Waals surface area contributed by atoms with Crippen molar-refractivity contribution in [3.8, 4) is 39.3 Å². The zero-order valence-electron chi connectivity index (χ0n) is 28.0. The van der Waals surface area contributed by atoms with Crippen molar-refractivity contribution in [3.63, 3.8) is 0 Å². The van der Waals surface area contributed by atoms with Crippen LogP contribution in [-0.4, -0.2) is 54.4 Å². The molecule has 0 saturated heterocycles. The molecule has 0 aliphatic carbocycles. The van der Waals surface area contributed by atoms with E-state index in [1.54, 1.807) is 50.6 Å². The van der Waals surface area contributed by atoms with Crippen molar-refractivity contribution in [1.29, 1.82) is 0 Å². The van der Waals surface area contributed by atoms with Crippen molar-refractivity contribution in [2.24, 2.45) is 0 Å². The first-order chi connectivity index (χ1) is 24.4. The molecule has 264 valence electrons. The van der Waals surface area contributed by atoms with Crippen LogP contribution in [0.2, 0.25) is 0 Å². The quantitative estimate of drug-likeness (QED) is 0.111. The second kappa shape index (κ2) is 17.1. The predicted octanol–water partition coefficient (Wildman–Crippen LogP) is 7.26. The molecule has 2 N–H and O–H groups in total. The van der Waals surface area contributed by atoms with Gasteiger partial charge in [-0.1, -0.05) is 12.1 Å². The summed E-state index contributed by atoms with van der Waals surface area (Å²) in [5.41, 5.74) is 2.30. The van der Waals surface area contributed by atoms with Crippen LogP contribution < -0.4 is 30.4 Å². The molecule has 14 heteroatoms. The number of methoxy groups -OCH3 is 2. The second-order valence-electron chi connectivity index (χ2n) is 10.9. The number of fused-ring (bicyclic) bond motifs is 1. The summed E-state index contributed by atoms with van der Waals surface area (Å²) in [6.07, 6.45) is 4.94. The van der Waals surface area contributed by atoms with Crippen LogP contribution in [0.5, 0.6) is 23.0 Å². The fourth-order valence-corrected chi connectivity index (χ4v) is 6.19. The summed E-state index contributed by atoms with van der Waals surface area (Å²) in [6.45, 7) is 4.04. The van der Waals surface area contributed by atoms with E-state index in [0.29, 0.717) is 35.9 Å². The molecule has 0 bridgehead atoms. The molecule has 0 radical (unpaired) electrons. The summed E-state index contributed by atoms with van der Waals surface area (Å²) >= 11 is 1.44. The van der Waals surface area contributed by atoms with Crippen molar-refractivity contribution in [2.75, 3.05) is 39.3 Å². The van der Waals surface area contributed by atoms with E-state index < -0.39 is 17.3 Å². The summed E-state index contributed by atoms with van der Waals surface area (Å²) in [4.78, 5) is 37.0. The Morgan fingerprint density at radius 3 is 2.59 bits per heavy atom. The fraction of sp³-hybridized carbons (Fsp3) is 0.189. The van der Waals surface area contributed by atoms with Crippen molar-refractivity contribution >= 4 is 45.6 Å². The summed E-state index contributed by atoms with van der Waals surface area (Å²) < 4.78 is 39.5. The molecule has 2 aromatic carbocycles. The SMILES string of the molecule is CCOc1ccn(-c2cccc(OC)c2)c(=O)c1C(=O)Nc1ccc(Oc2ccnc3cc(-c4ccc(CNCCOC)cn4)sc23)c(F)c1.Cl. The maximum absolute atomic E-state index is 15.5. The molecule has 0 aliphatic heterocycles. The van der Waals surface area contributed by atoms with Gasteiger partial charge in [-0.05, 0) is 55.0 Å². The van der Waals surface area contributed by atoms with Crippen molar-refractivity contribution in [2.45, 2.75) is 13.5 Å². The maximum Gasteiger partial charge on any atom is 0.271 e. The third-order valence-corrected chi connectivity index (χ3v) is 8.75. The third-order valence-electron chi connectivity index (χ3n) is 7.59. The lowest BCUT2D eigenvalue weighted by Crippen LogP contribution is -2.29. The molecular formula is C37H35ClFN5O6S. The Hall–Kier alpha value is -5.34. The van der Waals surface area contributed by atoms with Crippen LogP contribution in [0, 0.1) is 5.82 Å². The number of ether oxygens (including phenoxy) is 4. The molecule has 4 heterocycles. The predicted molar refractivity (Wildman–Crippen MR) is 198 cm³/mol. The van der Waals surface area contributed by atoms with E-state index in [1.807, 2.05) is 24.4 Å². The normalized spacial score (nSPS) is 10.8. The van der Waals surface area contributed by atoms with Crippen LogP contribution in [0.1, 0.15) is 22.8 Å². The lowest BCUT2D eigenvalue weighted by molar-refractivity contribution is 0.102. The molecule has 51 heavy (non-hydrogen) atoms. The van der Waals surface area contributed by atoms with Gasteiger partial charge in [-0.3, -0.25) is 24.1 Å². The summed E-state index contributed by atoms with van der Waals surface area (Å²) in [5, 5.41) is 5.92. The molecule has 0 unspecified atom stereocenters. The van der Waals surface area contributed by atoms with E-state index in [2.05, 4.69) is 20.6 Å². The molecule has 0 saturated carbocycles. The molecule has 6 rings (SSSR count). The summed E-state index contributed by atoms with van der Waals surface area (Å²) in [7, 11) is 3.19. The number of pyridine rings is 3. The molecule has 0 fully saturated rings. The van der Waals surface area contributed by atoms with Crippen LogP contribution in [0.15, 0.2) is 96.2 Å². The van der Waals surface area contributed by atoms with Gasteiger partial charge in [0.1, 0.15) is 22.8 Å². The molecule has 0 spiro atoms. The van der Waals surface area contributed by atoms with Gasteiger partial charge in [0.15, 0.2) is 11.6 Å². The number of thiophene rings is 1. The number of benzene rings is 2. The zero-order chi connectivity index (χ0) is 35.0. The number of nitrogens with one attached hydrogen (secondary N) is 2. The van der Waals surface area contributed by atoms with Crippen LogP contribution in [-0.2, 0) is 11.3 Å². The van der Waals surface area contributed by atoms with Crippen LogP contribution in [0.4, 0.5) is 10.1 Å².